The third-order valence-corrected chi connectivity index (χ3v) is 4.57. The van der Waals surface area contributed by atoms with Crippen LogP contribution in [0.4, 0.5) is 4.39 Å². The lowest BCUT2D eigenvalue weighted by molar-refractivity contribution is 0.149. The minimum Gasteiger partial charge on any atom is -0.388 e. The Morgan fingerprint density at radius 2 is 1.70 bits per heavy atom. The average molecular weight is 277 g/mol. The summed E-state index contributed by atoms with van der Waals surface area (Å²) in [6.45, 7) is 2.14. The zero-order valence-electron chi connectivity index (χ0n) is 12.1. The topological polar surface area (TPSA) is 32.3 Å². The van der Waals surface area contributed by atoms with E-state index in [0.717, 1.165) is 17.4 Å². The van der Waals surface area contributed by atoms with Crippen LogP contribution in [0.25, 0.3) is 0 Å². The number of halogens is 1. The van der Waals surface area contributed by atoms with Crippen LogP contribution in [-0.4, -0.2) is 17.2 Å². The Balaban J connectivity index is 1.52. The van der Waals surface area contributed by atoms with Crippen molar-refractivity contribution in [1.29, 1.82) is 0 Å². The standard InChI is InChI=1S/C17H24FNO/c1-11(19-17(13-2-3-13)14-4-5-14)10-16(20)12-6-8-15(18)9-7-12/h6-9,11,13-14,16-17,19-20H,2-5,10H2,1H3. The van der Waals surface area contributed by atoms with Gasteiger partial charge in [0.15, 0.2) is 0 Å². The molecule has 3 heteroatoms. The van der Waals surface area contributed by atoms with Gasteiger partial charge in [0.05, 0.1) is 6.10 Å². The molecule has 1 aromatic rings. The summed E-state index contributed by atoms with van der Waals surface area (Å²) in [4.78, 5) is 0. The van der Waals surface area contributed by atoms with E-state index in [1.807, 2.05) is 0 Å². The van der Waals surface area contributed by atoms with Gasteiger partial charge < -0.3 is 10.4 Å². The molecule has 0 spiro atoms. The minimum absolute atomic E-state index is 0.255. The highest BCUT2D eigenvalue weighted by Gasteiger charge is 2.41. The first-order valence-corrected chi connectivity index (χ1v) is 7.83. The molecule has 2 nitrogen and oxygen atoms in total. The zero-order chi connectivity index (χ0) is 14.1. The van der Waals surface area contributed by atoms with Gasteiger partial charge in [-0.2, -0.15) is 0 Å². The summed E-state index contributed by atoms with van der Waals surface area (Å²) < 4.78 is 12.9. The molecule has 2 N–H and O–H groups in total. The van der Waals surface area contributed by atoms with Gasteiger partial charge in [0.2, 0.25) is 0 Å². The fourth-order valence-corrected chi connectivity index (χ4v) is 3.12. The van der Waals surface area contributed by atoms with Crippen LogP contribution in [0.5, 0.6) is 0 Å². The number of aliphatic hydroxyl groups is 1. The smallest absolute Gasteiger partial charge is 0.123 e. The number of hydrogen-bond donors (Lipinski definition) is 2. The second-order valence-electron chi connectivity index (χ2n) is 6.57. The highest BCUT2D eigenvalue weighted by Crippen LogP contribution is 2.44. The number of benzene rings is 1. The van der Waals surface area contributed by atoms with Gasteiger partial charge in [-0.25, -0.2) is 4.39 Å². The fraction of sp³-hybridized carbons (Fsp3) is 0.647. The molecule has 0 heterocycles. The van der Waals surface area contributed by atoms with E-state index in [1.165, 1.54) is 37.8 Å². The fourth-order valence-electron chi connectivity index (χ4n) is 3.12. The van der Waals surface area contributed by atoms with Crippen molar-refractivity contribution in [2.45, 2.75) is 57.2 Å². The van der Waals surface area contributed by atoms with Crippen LogP contribution in [0, 0.1) is 17.7 Å². The van der Waals surface area contributed by atoms with Crippen LogP contribution < -0.4 is 5.32 Å². The number of aliphatic hydroxyl groups excluding tert-OH is 1. The SMILES string of the molecule is CC(CC(O)c1ccc(F)cc1)NC(C1CC1)C1CC1. The molecular formula is C17H24FNO. The molecule has 2 saturated carbocycles. The third kappa shape index (κ3) is 3.58. The Labute approximate surface area is 120 Å². The van der Waals surface area contributed by atoms with Crippen LogP contribution in [0.1, 0.15) is 50.7 Å². The second-order valence-corrected chi connectivity index (χ2v) is 6.57. The van der Waals surface area contributed by atoms with E-state index in [-0.39, 0.29) is 5.82 Å². The van der Waals surface area contributed by atoms with Gasteiger partial charge in [0.25, 0.3) is 0 Å². The molecular weight excluding hydrogens is 253 g/mol. The van der Waals surface area contributed by atoms with Crippen LogP contribution >= 0.6 is 0 Å². The molecule has 2 unspecified atom stereocenters. The maximum absolute atomic E-state index is 12.9. The van der Waals surface area contributed by atoms with Gasteiger partial charge >= 0.3 is 0 Å². The van der Waals surface area contributed by atoms with Crippen LogP contribution in [-0.2, 0) is 0 Å². The van der Waals surface area contributed by atoms with Gasteiger partial charge in [-0.15, -0.1) is 0 Å². The van der Waals surface area contributed by atoms with Gasteiger partial charge in [0.1, 0.15) is 5.82 Å². The van der Waals surface area contributed by atoms with E-state index in [9.17, 15) is 9.50 Å². The van der Waals surface area contributed by atoms with Gasteiger partial charge in [-0.3, -0.25) is 0 Å². The van der Waals surface area contributed by atoms with Crippen molar-refractivity contribution in [2.75, 3.05) is 0 Å². The molecule has 0 bridgehead atoms. The lowest BCUT2D eigenvalue weighted by Crippen LogP contribution is -2.40. The summed E-state index contributed by atoms with van der Waals surface area (Å²) in [6, 6.07) is 7.12. The van der Waals surface area contributed by atoms with Crippen molar-refractivity contribution in [1.82, 2.24) is 5.32 Å². The molecule has 2 atom stereocenters. The summed E-state index contributed by atoms with van der Waals surface area (Å²) in [5.41, 5.74) is 0.800. The lowest BCUT2D eigenvalue weighted by Gasteiger charge is -2.25. The van der Waals surface area contributed by atoms with E-state index in [0.29, 0.717) is 18.5 Å². The van der Waals surface area contributed by atoms with Crippen molar-refractivity contribution in [3.05, 3.63) is 35.6 Å². The van der Waals surface area contributed by atoms with Gasteiger partial charge in [0, 0.05) is 12.1 Å². The van der Waals surface area contributed by atoms with E-state index < -0.39 is 6.10 Å². The summed E-state index contributed by atoms with van der Waals surface area (Å²) >= 11 is 0. The molecule has 0 aromatic heterocycles. The summed E-state index contributed by atoms with van der Waals surface area (Å²) in [7, 11) is 0. The first kappa shape index (κ1) is 14.0. The maximum atomic E-state index is 12.9. The highest BCUT2D eigenvalue weighted by molar-refractivity contribution is 5.18. The summed E-state index contributed by atoms with van der Waals surface area (Å²) in [5.74, 6) is 1.48. The number of nitrogens with one attached hydrogen (secondary N) is 1. The molecule has 20 heavy (non-hydrogen) atoms. The van der Waals surface area contributed by atoms with Crippen LogP contribution in [0.3, 0.4) is 0 Å². The van der Waals surface area contributed by atoms with Crippen molar-refractivity contribution >= 4 is 0 Å². The zero-order valence-corrected chi connectivity index (χ0v) is 12.1. The first-order chi connectivity index (χ1) is 9.63. The maximum Gasteiger partial charge on any atom is 0.123 e. The van der Waals surface area contributed by atoms with E-state index in [4.69, 9.17) is 0 Å². The predicted molar refractivity (Wildman–Crippen MR) is 77.8 cm³/mol. The monoisotopic (exact) mass is 277 g/mol. The van der Waals surface area contributed by atoms with Crippen molar-refractivity contribution in [3.63, 3.8) is 0 Å². The van der Waals surface area contributed by atoms with Gasteiger partial charge in [-0.1, -0.05) is 12.1 Å². The Morgan fingerprint density at radius 3 is 2.20 bits per heavy atom. The average Bonchev–Trinajstić information content (AvgIpc) is 3.28. The molecule has 3 rings (SSSR count). The lowest BCUT2D eigenvalue weighted by atomic mass is 10.0. The summed E-state index contributed by atoms with van der Waals surface area (Å²) in [6.07, 6.45) is 5.62. The van der Waals surface area contributed by atoms with E-state index in [2.05, 4.69) is 12.2 Å². The molecule has 1 aromatic carbocycles. The molecule has 2 aliphatic carbocycles. The molecule has 110 valence electrons. The largest absolute Gasteiger partial charge is 0.388 e. The van der Waals surface area contributed by atoms with Crippen LogP contribution in [0.15, 0.2) is 24.3 Å². The van der Waals surface area contributed by atoms with Crippen molar-refractivity contribution < 1.29 is 9.50 Å². The van der Waals surface area contributed by atoms with Gasteiger partial charge in [-0.05, 0) is 68.6 Å². The number of rotatable bonds is 7. The Hall–Kier alpha value is -0.930. The Morgan fingerprint density at radius 1 is 1.15 bits per heavy atom. The normalized spacial score (nSPS) is 22.0. The first-order valence-electron chi connectivity index (χ1n) is 7.83. The summed E-state index contributed by atoms with van der Waals surface area (Å²) in [5, 5.41) is 14.0. The van der Waals surface area contributed by atoms with Crippen molar-refractivity contribution in [2.24, 2.45) is 11.8 Å². The molecule has 0 amide bonds. The second kappa shape index (κ2) is 5.82. The van der Waals surface area contributed by atoms with Crippen LogP contribution in [0.2, 0.25) is 0 Å². The Bertz CT molecular complexity index is 427. The Kier molecular flexibility index (Phi) is 4.08. The van der Waals surface area contributed by atoms with E-state index >= 15 is 0 Å². The molecule has 0 radical (unpaired) electrons. The number of hydrogen-bond acceptors (Lipinski definition) is 2. The quantitative estimate of drug-likeness (QED) is 0.800. The molecule has 2 fully saturated rings. The minimum atomic E-state index is -0.517. The predicted octanol–water partition coefficient (Wildman–Crippen LogP) is 3.42. The highest BCUT2D eigenvalue weighted by atomic mass is 19.1. The van der Waals surface area contributed by atoms with E-state index in [1.54, 1.807) is 12.1 Å². The third-order valence-electron chi connectivity index (χ3n) is 4.57. The molecule has 0 aliphatic heterocycles. The molecule has 2 aliphatic rings. The molecule has 0 saturated heterocycles. The van der Waals surface area contributed by atoms with Crippen molar-refractivity contribution in [3.8, 4) is 0 Å².